The monoisotopic (exact) mass is 415 g/mol. The Labute approximate surface area is 181 Å². The van der Waals surface area contributed by atoms with Crippen LogP contribution in [0.5, 0.6) is 0 Å². The lowest BCUT2D eigenvalue weighted by atomic mass is 10.2. The normalized spacial score (nSPS) is 16.5. The Morgan fingerprint density at radius 3 is 2.40 bits per heavy atom. The molecule has 0 saturated carbocycles. The number of aromatic nitrogens is 1. The number of amidine groups is 1. The third-order valence-electron chi connectivity index (χ3n) is 5.28. The molecule has 0 unspecified atom stereocenters. The van der Waals surface area contributed by atoms with Gasteiger partial charge in [0.25, 0.3) is 5.91 Å². The van der Waals surface area contributed by atoms with Crippen LogP contribution in [0.2, 0.25) is 0 Å². The van der Waals surface area contributed by atoms with Gasteiger partial charge < -0.3 is 9.88 Å². The molecule has 1 aliphatic heterocycles. The van der Waals surface area contributed by atoms with Crippen molar-refractivity contribution in [1.29, 1.82) is 0 Å². The van der Waals surface area contributed by atoms with Crippen LogP contribution >= 0.6 is 11.8 Å². The van der Waals surface area contributed by atoms with E-state index in [4.69, 9.17) is 0 Å². The number of benzene rings is 2. The average molecular weight is 416 g/mol. The number of carbonyl (C=O) groups is 1. The van der Waals surface area contributed by atoms with Gasteiger partial charge in [-0.2, -0.15) is 0 Å². The van der Waals surface area contributed by atoms with E-state index in [9.17, 15) is 4.79 Å². The molecule has 2 heterocycles. The Bertz CT molecular complexity index is 1150. The minimum absolute atomic E-state index is 0.107. The number of aliphatic imine (C=N–C) groups is 1. The van der Waals surface area contributed by atoms with Gasteiger partial charge in [-0.25, -0.2) is 4.99 Å². The average Bonchev–Trinajstić information content (AvgIpc) is 3.21. The number of nitrogens with one attached hydrogen (secondary N) is 1. The highest BCUT2D eigenvalue weighted by atomic mass is 32.2. The molecular formula is C25H25N3OS. The van der Waals surface area contributed by atoms with Gasteiger partial charge in [-0.05, 0) is 86.5 Å². The van der Waals surface area contributed by atoms with Crippen molar-refractivity contribution in [2.45, 2.75) is 34.1 Å². The quantitative estimate of drug-likeness (QED) is 0.543. The summed E-state index contributed by atoms with van der Waals surface area (Å²) in [6.07, 6.45) is 2.95. The second-order valence-corrected chi connectivity index (χ2v) is 8.53. The van der Waals surface area contributed by atoms with Crippen LogP contribution in [0.25, 0.3) is 11.8 Å². The summed E-state index contributed by atoms with van der Waals surface area (Å²) < 4.78 is 2.22. The smallest absolute Gasteiger partial charge is 0.264 e. The molecule has 4 nitrogen and oxygen atoms in total. The summed E-state index contributed by atoms with van der Waals surface area (Å²) in [6, 6.07) is 18.7. The third kappa shape index (κ3) is 4.12. The van der Waals surface area contributed by atoms with Crippen molar-refractivity contribution >= 4 is 34.6 Å². The SMILES string of the molecule is CCc1ccc(N=C2NC(=O)/C(=C\c3cc(C)n(-c4ccc(C)cc4)c3C)S2)cc1. The number of hydrogen-bond acceptors (Lipinski definition) is 3. The summed E-state index contributed by atoms with van der Waals surface area (Å²) in [5.41, 5.74) is 7.76. The van der Waals surface area contributed by atoms with Crippen molar-refractivity contribution in [3.8, 4) is 5.69 Å². The van der Waals surface area contributed by atoms with Crippen LogP contribution in [-0.2, 0) is 11.2 Å². The number of carbonyl (C=O) groups excluding carboxylic acids is 1. The predicted molar refractivity (Wildman–Crippen MR) is 127 cm³/mol. The van der Waals surface area contributed by atoms with Gasteiger partial charge in [0.2, 0.25) is 0 Å². The number of amides is 1. The molecule has 152 valence electrons. The minimum atomic E-state index is -0.107. The van der Waals surface area contributed by atoms with Gasteiger partial charge in [-0.15, -0.1) is 0 Å². The summed E-state index contributed by atoms with van der Waals surface area (Å²) in [6.45, 7) is 8.38. The molecule has 1 fully saturated rings. The highest BCUT2D eigenvalue weighted by molar-refractivity contribution is 8.18. The summed E-state index contributed by atoms with van der Waals surface area (Å²) in [7, 11) is 0. The van der Waals surface area contributed by atoms with Crippen molar-refractivity contribution in [3.63, 3.8) is 0 Å². The summed E-state index contributed by atoms with van der Waals surface area (Å²) >= 11 is 1.38. The van der Waals surface area contributed by atoms with Crippen molar-refractivity contribution in [1.82, 2.24) is 9.88 Å². The predicted octanol–water partition coefficient (Wildman–Crippen LogP) is 5.86. The van der Waals surface area contributed by atoms with Crippen molar-refractivity contribution in [2.24, 2.45) is 4.99 Å². The number of aryl methyl sites for hydroxylation is 3. The van der Waals surface area contributed by atoms with Crippen LogP contribution < -0.4 is 5.32 Å². The van der Waals surface area contributed by atoms with Gasteiger partial charge >= 0.3 is 0 Å². The van der Waals surface area contributed by atoms with Gasteiger partial charge in [0, 0.05) is 17.1 Å². The Kier molecular flexibility index (Phi) is 5.64. The standard InChI is InChI=1S/C25H25N3OS/c1-5-19-8-10-21(11-9-19)26-25-27-24(29)23(30-25)15-20-14-17(3)28(18(20)4)22-12-6-16(2)7-13-22/h6-15H,5H2,1-4H3,(H,26,27,29)/b23-15+. The topological polar surface area (TPSA) is 46.4 Å². The lowest BCUT2D eigenvalue weighted by Crippen LogP contribution is -2.19. The molecule has 1 amide bonds. The minimum Gasteiger partial charge on any atom is -0.318 e. The van der Waals surface area contributed by atoms with E-state index in [0.29, 0.717) is 10.1 Å². The molecule has 4 rings (SSSR count). The van der Waals surface area contributed by atoms with E-state index in [1.165, 1.54) is 22.9 Å². The molecule has 0 bridgehead atoms. The lowest BCUT2D eigenvalue weighted by molar-refractivity contribution is -0.115. The van der Waals surface area contributed by atoms with E-state index < -0.39 is 0 Å². The first-order valence-electron chi connectivity index (χ1n) is 10.1. The van der Waals surface area contributed by atoms with Crippen LogP contribution in [0.4, 0.5) is 5.69 Å². The highest BCUT2D eigenvalue weighted by Gasteiger charge is 2.24. The maximum atomic E-state index is 12.5. The van der Waals surface area contributed by atoms with E-state index in [1.807, 2.05) is 18.2 Å². The van der Waals surface area contributed by atoms with Gasteiger partial charge in [-0.3, -0.25) is 4.79 Å². The molecule has 0 atom stereocenters. The zero-order valence-electron chi connectivity index (χ0n) is 17.7. The maximum absolute atomic E-state index is 12.5. The molecule has 30 heavy (non-hydrogen) atoms. The van der Waals surface area contributed by atoms with E-state index in [-0.39, 0.29) is 5.91 Å². The Hall–Kier alpha value is -3.05. The fourth-order valence-corrected chi connectivity index (χ4v) is 4.40. The molecular weight excluding hydrogens is 390 g/mol. The zero-order chi connectivity index (χ0) is 21.3. The van der Waals surface area contributed by atoms with E-state index in [0.717, 1.165) is 34.7 Å². The van der Waals surface area contributed by atoms with Gasteiger partial charge in [0.05, 0.1) is 10.6 Å². The van der Waals surface area contributed by atoms with Gasteiger partial charge in [0.15, 0.2) is 5.17 Å². The first-order chi connectivity index (χ1) is 14.4. The number of thioether (sulfide) groups is 1. The van der Waals surface area contributed by atoms with Crippen LogP contribution in [0.1, 0.15) is 35.0 Å². The van der Waals surface area contributed by atoms with Crippen LogP contribution in [0.15, 0.2) is 64.5 Å². The molecule has 0 aliphatic carbocycles. The van der Waals surface area contributed by atoms with Crippen LogP contribution in [-0.4, -0.2) is 15.6 Å². The number of rotatable bonds is 4. The Morgan fingerprint density at radius 1 is 1.03 bits per heavy atom. The molecule has 3 aromatic rings. The molecule has 5 heteroatoms. The van der Waals surface area contributed by atoms with E-state index in [2.05, 4.69) is 85.0 Å². The van der Waals surface area contributed by atoms with Crippen LogP contribution in [0.3, 0.4) is 0 Å². The van der Waals surface area contributed by atoms with Crippen molar-refractivity contribution in [2.75, 3.05) is 0 Å². The molecule has 0 radical (unpaired) electrons. The maximum Gasteiger partial charge on any atom is 0.264 e. The summed E-state index contributed by atoms with van der Waals surface area (Å²) in [5.74, 6) is -0.107. The highest BCUT2D eigenvalue weighted by Crippen LogP contribution is 2.30. The molecule has 0 spiro atoms. The summed E-state index contributed by atoms with van der Waals surface area (Å²) in [4.78, 5) is 17.7. The second kappa shape index (κ2) is 8.36. The first-order valence-corrected chi connectivity index (χ1v) is 10.9. The van der Waals surface area contributed by atoms with Crippen molar-refractivity contribution < 1.29 is 4.79 Å². The Morgan fingerprint density at radius 2 is 1.73 bits per heavy atom. The second-order valence-electron chi connectivity index (χ2n) is 7.50. The largest absolute Gasteiger partial charge is 0.318 e. The lowest BCUT2D eigenvalue weighted by Gasteiger charge is -2.10. The number of hydrogen-bond donors (Lipinski definition) is 1. The van der Waals surface area contributed by atoms with Crippen LogP contribution in [0, 0.1) is 20.8 Å². The molecule has 2 aromatic carbocycles. The first kappa shape index (κ1) is 20.2. The fraction of sp³-hybridized carbons (Fsp3) is 0.200. The molecule has 1 saturated heterocycles. The number of nitrogens with zero attached hydrogens (tertiary/aromatic N) is 2. The molecule has 1 aromatic heterocycles. The fourth-order valence-electron chi connectivity index (χ4n) is 3.57. The third-order valence-corrected chi connectivity index (χ3v) is 6.19. The zero-order valence-corrected chi connectivity index (χ0v) is 18.5. The summed E-state index contributed by atoms with van der Waals surface area (Å²) in [5, 5.41) is 3.49. The molecule has 1 aliphatic rings. The van der Waals surface area contributed by atoms with Crippen molar-refractivity contribution in [3.05, 3.63) is 87.6 Å². The molecule has 1 N–H and O–H groups in total. The van der Waals surface area contributed by atoms with Gasteiger partial charge in [-0.1, -0.05) is 36.8 Å². The van der Waals surface area contributed by atoms with E-state index in [1.54, 1.807) is 0 Å². The van der Waals surface area contributed by atoms with Gasteiger partial charge in [0.1, 0.15) is 0 Å². The Balaban J connectivity index is 1.60. The van der Waals surface area contributed by atoms with E-state index >= 15 is 0 Å².